The third kappa shape index (κ3) is 4.22. The molecule has 0 bridgehead atoms. The van der Waals surface area contributed by atoms with Crippen molar-refractivity contribution in [1.82, 2.24) is 5.32 Å². The van der Waals surface area contributed by atoms with E-state index in [1.165, 1.54) is 31.2 Å². The van der Waals surface area contributed by atoms with Crippen LogP contribution in [-0.2, 0) is 9.53 Å². The summed E-state index contributed by atoms with van der Waals surface area (Å²) < 4.78 is 5.57. The van der Waals surface area contributed by atoms with E-state index in [1.54, 1.807) is 0 Å². The first-order valence-electron chi connectivity index (χ1n) is 7.14. The number of hydrogen-bond donors (Lipinski definition) is 4. The Morgan fingerprint density at radius 2 is 1.96 bits per heavy atom. The maximum Gasteiger partial charge on any atom is 0.269 e. The minimum Gasteiger partial charge on any atom is -0.394 e. The number of aliphatic hydroxyl groups excluding tert-OH is 3. The molecule has 1 heterocycles. The number of nitro benzene ring substituents is 1. The van der Waals surface area contributed by atoms with E-state index in [4.69, 9.17) is 4.74 Å². The molecule has 1 aliphatic rings. The second-order valence-corrected chi connectivity index (χ2v) is 6.47. The molecule has 1 fully saturated rings. The summed E-state index contributed by atoms with van der Waals surface area (Å²) in [6.45, 7) is 0.771. The average Bonchev–Trinajstić information content (AvgIpc) is 2.54. The lowest BCUT2D eigenvalue weighted by molar-refractivity contribution is -0.384. The average molecular weight is 358 g/mol. The van der Waals surface area contributed by atoms with Gasteiger partial charge in [-0.3, -0.25) is 14.9 Å². The molecule has 0 aliphatic carbocycles. The van der Waals surface area contributed by atoms with E-state index < -0.39 is 47.2 Å². The number of nitro groups is 1. The lowest BCUT2D eigenvalue weighted by atomic mass is 9.98. The molecule has 1 saturated heterocycles. The topological polar surface area (TPSA) is 142 Å². The molecule has 1 aromatic rings. The van der Waals surface area contributed by atoms with Gasteiger partial charge in [0.1, 0.15) is 23.7 Å². The van der Waals surface area contributed by atoms with Crippen LogP contribution in [0.25, 0.3) is 0 Å². The molecule has 9 nitrogen and oxygen atoms in total. The summed E-state index contributed by atoms with van der Waals surface area (Å²) in [6.07, 6.45) is -3.67. The molecule has 0 aromatic heterocycles. The minimum atomic E-state index is -1.35. The molecule has 1 aromatic carbocycles. The summed E-state index contributed by atoms with van der Waals surface area (Å²) >= 11 is 1.12. The van der Waals surface area contributed by atoms with Crippen LogP contribution in [-0.4, -0.2) is 62.5 Å². The fraction of sp³-hybridized carbons (Fsp3) is 0.500. The van der Waals surface area contributed by atoms with Crippen molar-refractivity contribution in [3.05, 3.63) is 34.4 Å². The lowest BCUT2D eigenvalue weighted by Gasteiger charge is -2.42. The van der Waals surface area contributed by atoms with Crippen LogP contribution >= 0.6 is 11.8 Å². The zero-order valence-electron chi connectivity index (χ0n) is 12.7. The normalized spacial score (nSPS) is 29.9. The standard InChI is InChI=1S/C14H18N2O7S/c1-7(18)15-11-13(20)12(19)10(6-17)23-14(11)24-9-4-2-8(3-5-9)16(21)22/h2-5,10-14,17,19-20H,6H2,1H3,(H,15,18)/t10-,11+,12+,13+,14+/m1/s1. The van der Waals surface area contributed by atoms with Gasteiger partial charge in [0.2, 0.25) is 5.91 Å². The van der Waals surface area contributed by atoms with Crippen molar-refractivity contribution in [3.63, 3.8) is 0 Å². The van der Waals surface area contributed by atoms with E-state index in [-0.39, 0.29) is 5.69 Å². The quantitative estimate of drug-likeness (QED) is 0.412. The number of carbonyl (C=O) groups is 1. The number of benzene rings is 1. The molecule has 0 saturated carbocycles. The summed E-state index contributed by atoms with van der Waals surface area (Å²) in [5, 5.41) is 42.6. The Labute approximate surface area is 141 Å². The van der Waals surface area contributed by atoms with Crippen molar-refractivity contribution in [2.75, 3.05) is 6.61 Å². The molecule has 5 atom stereocenters. The highest BCUT2D eigenvalue weighted by molar-refractivity contribution is 7.99. The SMILES string of the molecule is CC(=O)N[C@H]1[C@H](O)[C@@H](O)[C@@H](CO)O[C@H]1Sc1ccc([N+](=O)[O-])cc1. The first-order valence-corrected chi connectivity index (χ1v) is 8.02. The van der Waals surface area contributed by atoms with Crippen LogP contribution in [0.4, 0.5) is 5.69 Å². The van der Waals surface area contributed by atoms with Gasteiger partial charge >= 0.3 is 0 Å². The van der Waals surface area contributed by atoms with E-state index in [2.05, 4.69) is 5.32 Å². The maximum atomic E-state index is 11.3. The molecular formula is C14H18N2O7S. The summed E-state index contributed by atoms with van der Waals surface area (Å²) in [5.41, 5.74) is -0.850. The summed E-state index contributed by atoms with van der Waals surface area (Å²) in [7, 11) is 0. The molecule has 1 amide bonds. The highest BCUT2D eigenvalue weighted by atomic mass is 32.2. The van der Waals surface area contributed by atoms with Gasteiger partial charge in [0.25, 0.3) is 5.69 Å². The maximum absolute atomic E-state index is 11.3. The smallest absolute Gasteiger partial charge is 0.269 e. The predicted octanol–water partition coefficient (Wildman–Crippen LogP) is -0.369. The van der Waals surface area contributed by atoms with Crippen molar-refractivity contribution in [2.24, 2.45) is 0 Å². The van der Waals surface area contributed by atoms with Gasteiger partial charge in [0.15, 0.2) is 0 Å². The number of ether oxygens (including phenoxy) is 1. The van der Waals surface area contributed by atoms with Crippen LogP contribution in [0.3, 0.4) is 0 Å². The second kappa shape index (κ2) is 7.90. The molecule has 0 radical (unpaired) electrons. The first kappa shape index (κ1) is 18.6. The summed E-state index contributed by atoms with van der Waals surface area (Å²) in [4.78, 5) is 22.1. The van der Waals surface area contributed by atoms with Crippen molar-refractivity contribution in [2.45, 2.75) is 41.6 Å². The van der Waals surface area contributed by atoms with Crippen molar-refractivity contribution in [3.8, 4) is 0 Å². The van der Waals surface area contributed by atoms with Gasteiger partial charge in [0.05, 0.1) is 17.6 Å². The molecular weight excluding hydrogens is 340 g/mol. The molecule has 4 N–H and O–H groups in total. The molecule has 2 rings (SSSR count). The number of non-ortho nitro benzene ring substituents is 1. The van der Waals surface area contributed by atoms with Gasteiger partial charge in [-0.1, -0.05) is 11.8 Å². The van der Waals surface area contributed by atoms with Crippen molar-refractivity contribution in [1.29, 1.82) is 0 Å². The molecule has 10 heteroatoms. The molecule has 132 valence electrons. The van der Waals surface area contributed by atoms with Gasteiger partial charge in [-0.25, -0.2) is 0 Å². The fourth-order valence-corrected chi connectivity index (χ4v) is 3.49. The minimum absolute atomic E-state index is 0.0639. The first-order chi connectivity index (χ1) is 11.3. The number of hydrogen-bond acceptors (Lipinski definition) is 8. The number of thioether (sulfide) groups is 1. The van der Waals surface area contributed by atoms with Crippen LogP contribution < -0.4 is 5.32 Å². The van der Waals surface area contributed by atoms with Crippen LogP contribution in [0.5, 0.6) is 0 Å². The zero-order chi connectivity index (χ0) is 17.9. The lowest BCUT2D eigenvalue weighted by Crippen LogP contribution is -2.63. The van der Waals surface area contributed by atoms with Gasteiger partial charge in [-0.05, 0) is 12.1 Å². The van der Waals surface area contributed by atoms with Crippen molar-refractivity contribution < 1.29 is 29.8 Å². The second-order valence-electron chi connectivity index (χ2n) is 5.30. The van der Waals surface area contributed by atoms with Crippen molar-refractivity contribution >= 4 is 23.4 Å². The highest BCUT2D eigenvalue weighted by Crippen LogP contribution is 2.34. The van der Waals surface area contributed by atoms with Crippen LogP contribution in [0.15, 0.2) is 29.2 Å². The highest BCUT2D eigenvalue weighted by Gasteiger charge is 2.45. The largest absolute Gasteiger partial charge is 0.394 e. The molecule has 1 aliphatic heterocycles. The van der Waals surface area contributed by atoms with E-state index in [1.807, 2.05) is 0 Å². The Kier molecular flexibility index (Phi) is 6.13. The van der Waals surface area contributed by atoms with E-state index >= 15 is 0 Å². The number of amides is 1. The third-order valence-corrected chi connectivity index (χ3v) is 4.73. The Morgan fingerprint density at radius 1 is 1.33 bits per heavy atom. The number of nitrogens with zero attached hydrogens (tertiary/aromatic N) is 1. The van der Waals surface area contributed by atoms with Crippen LogP contribution in [0, 0.1) is 10.1 Å². The molecule has 24 heavy (non-hydrogen) atoms. The zero-order valence-corrected chi connectivity index (χ0v) is 13.5. The number of carbonyl (C=O) groups excluding carboxylic acids is 1. The third-order valence-electron chi connectivity index (χ3n) is 3.55. The van der Waals surface area contributed by atoms with Gasteiger partial charge in [-0.2, -0.15) is 0 Å². The van der Waals surface area contributed by atoms with Gasteiger partial charge in [-0.15, -0.1) is 0 Å². The number of rotatable bonds is 5. The van der Waals surface area contributed by atoms with Crippen LogP contribution in [0.2, 0.25) is 0 Å². The molecule has 0 unspecified atom stereocenters. The van der Waals surface area contributed by atoms with E-state index in [0.29, 0.717) is 4.90 Å². The Hall–Kier alpha value is -1.72. The van der Waals surface area contributed by atoms with Crippen LogP contribution in [0.1, 0.15) is 6.92 Å². The number of nitrogens with one attached hydrogen (secondary N) is 1. The predicted molar refractivity (Wildman–Crippen MR) is 84.3 cm³/mol. The number of aliphatic hydroxyl groups is 3. The summed E-state index contributed by atoms with van der Waals surface area (Å²) in [6, 6.07) is 4.78. The van der Waals surface area contributed by atoms with Gasteiger partial charge < -0.3 is 25.4 Å². The summed E-state index contributed by atoms with van der Waals surface area (Å²) in [5.74, 6) is -0.411. The Balaban J connectivity index is 2.19. The Bertz CT molecular complexity index is 597. The van der Waals surface area contributed by atoms with E-state index in [0.717, 1.165) is 11.8 Å². The Morgan fingerprint density at radius 3 is 2.46 bits per heavy atom. The van der Waals surface area contributed by atoms with E-state index in [9.17, 15) is 30.2 Å². The fourth-order valence-electron chi connectivity index (χ4n) is 2.35. The monoisotopic (exact) mass is 358 g/mol. The molecule has 0 spiro atoms. The van der Waals surface area contributed by atoms with Gasteiger partial charge in [0, 0.05) is 24.0 Å².